The van der Waals surface area contributed by atoms with E-state index in [9.17, 15) is 4.39 Å². The summed E-state index contributed by atoms with van der Waals surface area (Å²) in [5, 5.41) is 4.02. The molecule has 0 saturated carbocycles. The lowest BCUT2D eigenvalue weighted by Gasteiger charge is -2.29. The van der Waals surface area contributed by atoms with Gasteiger partial charge in [0, 0.05) is 28.6 Å². The quantitative estimate of drug-likeness (QED) is 0.904. The highest BCUT2D eigenvalue weighted by Crippen LogP contribution is 2.27. The number of hydrogen-bond acceptors (Lipinski definition) is 3. The topological polar surface area (TPSA) is 12.0 Å². The van der Waals surface area contributed by atoms with E-state index >= 15 is 0 Å². The Morgan fingerprint density at radius 3 is 3.00 bits per heavy atom. The molecule has 2 unspecified atom stereocenters. The molecule has 1 aliphatic heterocycles. The fourth-order valence-corrected chi connectivity index (χ4v) is 5.00. The first-order chi connectivity index (χ1) is 8.29. The van der Waals surface area contributed by atoms with Gasteiger partial charge in [-0.3, -0.25) is 0 Å². The second kappa shape index (κ2) is 6.66. The van der Waals surface area contributed by atoms with E-state index in [1.165, 1.54) is 23.3 Å². The van der Waals surface area contributed by atoms with E-state index in [2.05, 4.69) is 5.32 Å². The van der Waals surface area contributed by atoms with Crippen molar-refractivity contribution in [1.29, 1.82) is 0 Å². The van der Waals surface area contributed by atoms with E-state index in [0.717, 1.165) is 12.0 Å². The molecule has 0 aromatic heterocycles. The molecule has 17 heavy (non-hydrogen) atoms. The molecule has 0 bridgehead atoms. The largest absolute Gasteiger partial charge is 0.316 e. The second-order valence-corrected chi connectivity index (χ2v) is 6.71. The van der Waals surface area contributed by atoms with Crippen LogP contribution in [-0.2, 0) is 6.42 Å². The van der Waals surface area contributed by atoms with Gasteiger partial charge in [0.25, 0.3) is 0 Å². The lowest BCUT2D eigenvalue weighted by atomic mass is 10.0. The smallest absolute Gasteiger partial charge is 0.123 e. The number of halogens is 1. The van der Waals surface area contributed by atoms with Crippen molar-refractivity contribution in [1.82, 2.24) is 5.32 Å². The third kappa shape index (κ3) is 3.90. The number of thioether (sulfide) groups is 2. The van der Waals surface area contributed by atoms with E-state index in [0.29, 0.717) is 11.3 Å². The molecule has 0 amide bonds. The lowest BCUT2D eigenvalue weighted by molar-refractivity contribution is 0.553. The van der Waals surface area contributed by atoms with Crippen LogP contribution in [0.3, 0.4) is 0 Å². The molecule has 1 N–H and O–H groups in total. The Morgan fingerprint density at radius 1 is 1.47 bits per heavy atom. The summed E-state index contributed by atoms with van der Waals surface area (Å²) in [6, 6.07) is 7.39. The van der Waals surface area contributed by atoms with Crippen molar-refractivity contribution in [3.05, 3.63) is 35.6 Å². The number of nitrogens with one attached hydrogen (secondary N) is 1. The highest BCUT2D eigenvalue weighted by atomic mass is 32.2. The third-order valence-electron chi connectivity index (χ3n) is 3.01. The van der Waals surface area contributed by atoms with Gasteiger partial charge in [-0.1, -0.05) is 12.1 Å². The van der Waals surface area contributed by atoms with Gasteiger partial charge in [-0.2, -0.15) is 23.5 Å². The van der Waals surface area contributed by atoms with Crippen molar-refractivity contribution in [3.8, 4) is 0 Å². The predicted octanol–water partition coefficient (Wildman–Crippen LogP) is 2.80. The van der Waals surface area contributed by atoms with E-state index in [4.69, 9.17) is 0 Å². The van der Waals surface area contributed by atoms with Gasteiger partial charge in [-0.15, -0.1) is 0 Å². The zero-order valence-corrected chi connectivity index (χ0v) is 11.6. The van der Waals surface area contributed by atoms with Gasteiger partial charge < -0.3 is 5.32 Å². The summed E-state index contributed by atoms with van der Waals surface area (Å²) in [5.74, 6) is 3.56. The third-order valence-corrected chi connectivity index (χ3v) is 5.93. The van der Waals surface area contributed by atoms with E-state index in [1.807, 2.05) is 36.6 Å². The van der Waals surface area contributed by atoms with Gasteiger partial charge in [-0.25, -0.2) is 4.39 Å². The highest BCUT2D eigenvalue weighted by molar-refractivity contribution is 8.06. The molecule has 1 aromatic carbocycles. The Hall–Kier alpha value is -0.190. The first-order valence-corrected chi connectivity index (χ1v) is 8.11. The standard InChI is InChI=1S/C13H18FNS2/c1-15-12(13-9-16-5-6-17-13)8-10-3-2-4-11(14)7-10/h2-4,7,12-13,15H,5-6,8-9H2,1H3. The van der Waals surface area contributed by atoms with Crippen LogP contribution in [-0.4, -0.2) is 35.6 Å². The van der Waals surface area contributed by atoms with Crippen molar-refractivity contribution in [3.63, 3.8) is 0 Å². The maximum atomic E-state index is 13.1. The lowest BCUT2D eigenvalue weighted by Crippen LogP contribution is -2.40. The van der Waals surface area contributed by atoms with Gasteiger partial charge in [-0.05, 0) is 31.2 Å². The van der Waals surface area contributed by atoms with Crippen LogP contribution < -0.4 is 5.32 Å². The van der Waals surface area contributed by atoms with E-state index in [1.54, 1.807) is 12.1 Å². The van der Waals surface area contributed by atoms with Gasteiger partial charge in [0.15, 0.2) is 0 Å². The Balaban J connectivity index is 1.98. The van der Waals surface area contributed by atoms with Gasteiger partial charge in [0.2, 0.25) is 0 Å². The molecule has 94 valence electrons. The molecule has 2 atom stereocenters. The molecule has 1 saturated heterocycles. The molecule has 0 spiro atoms. The number of hydrogen-bond donors (Lipinski definition) is 1. The first-order valence-electron chi connectivity index (χ1n) is 5.90. The molecule has 1 nitrogen and oxygen atoms in total. The van der Waals surface area contributed by atoms with Crippen LogP contribution in [0, 0.1) is 5.82 Å². The minimum atomic E-state index is -0.136. The van der Waals surface area contributed by atoms with E-state index < -0.39 is 0 Å². The van der Waals surface area contributed by atoms with Crippen LogP contribution in [0.2, 0.25) is 0 Å². The fraction of sp³-hybridized carbons (Fsp3) is 0.538. The van der Waals surface area contributed by atoms with Crippen LogP contribution >= 0.6 is 23.5 Å². The SMILES string of the molecule is CNC(Cc1cccc(F)c1)C1CSCCS1. The molecule has 1 aromatic rings. The monoisotopic (exact) mass is 271 g/mol. The Morgan fingerprint density at radius 2 is 2.35 bits per heavy atom. The van der Waals surface area contributed by atoms with Crippen molar-refractivity contribution in [2.75, 3.05) is 24.3 Å². The van der Waals surface area contributed by atoms with Crippen molar-refractivity contribution in [2.24, 2.45) is 0 Å². The van der Waals surface area contributed by atoms with Crippen LogP contribution in [0.5, 0.6) is 0 Å². The first kappa shape index (κ1) is 13.2. The number of likely N-dealkylation sites (N-methyl/N-ethyl adjacent to an activating group) is 1. The van der Waals surface area contributed by atoms with Gasteiger partial charge in [0.1, 0.15) is 5.82 Å². The summed E-state index contributed by atoms with van der Waals surface area (Å²) >= 11 is 4.07. The average molecular weight is 271 g/mol. The molecule has 1 fully saturated rings. The Kier molecular flexibility index (Phi) is 5.19. The predicted molar refractivity (Wildman–Crippen MR) is 76.5 cm³/mol. The molecule has 0 aliphatic carbocycles. The summed E-state index contributed by atoms with van der Waals surface area (Å²) in [4.78, 5) is 0. The van der Waals surface area contributed by atoms with Crippen molar-refractivity contribution in [2.45, 2.75) is 17.7 Å². The van der Waals surface area contributed by atoms with Crippen LogP contribution in [0.25, 0.3) is 0 Å². The summed E-state index contributed by atoms with van der Waals surface area (Å²) in [6.45, 7) is 0. The molecule has 1 heterocycles. The Bertz CT molecular complexity index is 353. The minimum Gasteiger partial charge on any atom is -0.316 e. The van der Waals surface area contributed by atoms with Crippen LogP contribution in [0.1, 0.15) is 5.56 Å². The maximum Gasteiger partial charge on any atom is 0.123 e. The van der Waals surface area contributed by atoms with Crippen LogP contribution in [0.4, 0.5) is 4.39 Å². The molecule has 1 aliphatic rings. The fourth-order valence-electron chi connectivity index (χ4n) is 2.08. The molecule has 2 rings (SSSR count). The molecular formula is C13H18FNS2. The summed E-state index contributed by atoms with van der Waals surface area (Å²) in [7, 11) is 2.00. The summed E-state index contributed by atoms with van der Waals surface area (Å²) in [6.07, 6.45) is 0.909. The molecule has 0 radical (unpaired) electrons. The average Bonchev–Trinajstić information content (AvgIpc) is 2.37. The zero-order chi connectivity index (χ0) is 12.1. The number of benzene rings is 1. The van der Waals surface area contributed by atoms with Gasteiger partial charge in [0.05, 0.1) is 0 Å². The maximum absolute atomic E-state index is 13.1. The zero-order valence-electron chi connectivity index (χ0n) is 9.99. The summed E-state index contributed by atoms with van der Waals surface area (Å²) < 4.78 is 13.1. The second-order valence-electron chi connectivity index (χ2n) is 4.21. The molecular weight excluding hydrogens is 253 g/mol. The van der Waals surface area contributed by atoms with E-state index in [-0.39, 0.29) is 5.82 Å². The van der Waals surface area contributed by atoms with Crippen LogP contribution in [0.15, 0.2) is 24.3 Å². The Labute approximate surface area is 111 Å². The normalized spacial score (nSPS) is 22.4. The minimum absolute atomic E-state index is 0.136. The van der Waals surface area contributed by atoms with Crippen molar-refractivity contribution >= 4 is 23.5 Å². The number of rotatable bonds is 4. The highest BCUT2D eigenvalue weighted by Gasteiger charge is 2.23. The van der Waals surface area contributed by atoms with Gasteiger partial charge >= 0.3 is 0 Å². The van der Waals surface area contributed by atoms with Crippen molar-refractivity contribution < 1.29 is 4.39 Å². The summed E-state index contributed by atoms with van der Waals surface area (Å²) in [5.41, 5.74) is 1.08. The molecule has 4 heteroatoms.